The van der Waals surface area contributed by atoms with E-state index in [0.717, 1.165) is 44.9 Å². The third-order valence-electron chi connectivity index (χ3n) is 9.80. The normalized spacial score (nSPS) is 42.9. The summed E-state index contributed by atoms with van der Waals surface area (Å²) in [7, 11) is 1.31. The van der Waals surface area contributed by atoms with Crippen molar-refractivity contribution in [2.75, 3.05) is 7.11 Å². The molecule has 0 aromatic rings. The fraction of sp³-hybridized carbons (Fsp3) is 0.846. The molecule has 0 saturated heterocycles. The van der Waals surface area contributed by atoms with Crippen molar-refractivity contribution < 1.29 is 33.4 Å². The number of carbonyl (C=O) groups is 4. The molecule has 9 atom stereocenters. The Morgan fingerprint density at radius 1 is 0.970 bits per heavy atom. The molecule has 4 aliphatic rings. The van der Waals surface area contributed by atoms with Gasteiger partial charge in [-0.25, -0.2) is 4.79 Å². The summed E-state index contributed by atoms with van der Waals surface area (Å²) in [6.45, 7) is 7.17. The summed E-state index contributed by atoms with van der Waals surface area (Å²) in [5.74, 6) is -0.208. The minimum Gasteiger partial charge on any atom is -0.466 e. The van der Waals surface area contributed by atoms with E-state index in [1.807, 2.05) is 0 Å². The molecule has 4 rings (SSSR count). The highest BCUT2D eigenvalue weighted by Crippen LogP contribution is 2.67. The fourth-order valence-electron chi connectivity index (χ4n) is 8.50. The molecule has 4 fully saturated rings. The Hall–Kier alpha value is -1.92. The van der Waals surface area contributed by atoms with Gasteiger partial charge in [-0.05, 0) is 73.5 Å². The molecule has 7 nitrogen and oxygen atoms in total. The van der Waals surface area contributed by atoms with E-state index in [2.05, 4.69) is 13.8 Å². The van der Waals surface area contributed by atoms with E-state index < -0.39 is 18.0 Å². The molecule has 0 N–H and O–H groups in total. The van der Waals surface area contributed by atoms with E-state index in [1.54, 1.807) is 0 Å². The zero-order chi connectivity index (χ0) is 24.1. The van der Waals surface area contributed by atoms with Crippen LogP contribution in [0.1, 0.15) is 79.1 Å². The lowest BCUT2D eigenvalue weighted by Crippen LogP contribution is -2.58. The lowest BCUT2D eigenvalue weighted by atomic mass is 9.44. The van der Waals surface area contributed by atoms with E-state index >= 15 is 0 Å². The molecule has 4 aliphatic carbocycles. The van der Waals surface area contributed by atoms with Gasteiger partial charge in [-0.1, -0.05) is 13.8 Å². The van der Waals surface area contributed by atoms with Crippen LogP contribution in [0, 0.1) is 40.4 Å². The van der Waals surface area contributed by atoms with Crippen LogP contribution in [-0.2, 0) is 33.4 Å². The lowest BCUT2D eigenvalue weighted by molar-refractivity contribution is -0.180. The Bertz CT molecular complexity index is 836. The first-order valence-corrected chi connectivity index (χ1v) is 12.5. The molecular weight excluding hydrogens is 424 g/mol. The summed E-state index contributed by atoms with van der Waals surface area (Å²) in [6.07, 6.45) is 5.65. The molecule has 33 heavy (non-hydrogen) atoms. The van der Waals surface area contributed by atoms with Crippen LogP contribution in [0.5, 0.6) is 0 Å². The van der Waals surface area contributed by atoms with Gasteiger partial charge in [-0.15, -0.1) is 0 Å². The van der Waals surface area contributed by atoms with Crippen molar-refractivity contribution >= 4 is 23.7 Å². The highest BCUT2D eigenvalue weighted by molar-refractivity contribution is 5.85. The predicted molar refractivity (Wildman–Crippen MR) is 119 cm³/mol. The standard InChI is InChI=1S/C26H38O7/c1-14(27)32-17-10-11-25(3)16(12-17)6-7-18-19-8-9-20(23(24(30)31-5)33-15(2)28)26(19,4)13-21(29)22(18)25/h16-20,22-23H,6-13H2,1-5H3/t16-,17-,18+,19-,20+,22-,23-,25+,26-/m1/s1. The smallest absolute Gasteiger partial charge is 0.347 e. The third-order valence-corrected chi connectivity index (χ3v) is 9.80. The van der Waals surface area contributed by atoms with E-state index in [0.29, 0.717) is 18.3 Å². The van der Waals surface area contributed by atoms with Gasteiger partial charge in [0.15, 0.2) is 0 Å². The van der Waals surface area contributed by atoms with Crippen LogP contribution in [0.4, 0.5) is 0 Å². The maximum Gasteiger partial charge on any atom is 0.347 e. The summed E-state index contributed by atoms with van der Waals surface area (Å²) in [4.78, 5) is 49.6. The first kappa shape index (κ1) is 24.2. The van der Waals surface area contributed by atoms with Crippen molar-refractivity contribution in [3.05, 3.63) is 0 Å². The lowest BCUT2D eigenvalue weighted by Gasteiger charge is -2.60. The van der Waals surface area contributed by atoms with Gasteiger partial charge in [0.05, 0.1) is 7.11 Å². The zero-order valence-corrected chi connectivity index (χ0v) is 20.6. The maximum atomic E-state index is 13.8. The number of hydrogen-bond acceptors (Lipinski definition) is 7. The van der Waals surface area contributed by atoms with E-state index in [4.69, 9.17) is 14.2 Å². The molecule has 4 saturated carbocycles. The second kappa shape index (κ2) is 8.70. The Morgan fingerprint density at radius 2 is 1.70 bits per heavy atom. The first-order chi connectivity index (χ1) is 15.5. The van der Waals surface area contributed by atoms with Gasteiger partial charge in [0.1, 0.15) is 11.9 Å². The van der Waals surface area contributed by atoms with E-state index in [1.165, 1.54) is 21.0 Å². The molecular formula is C26H38O7. The fourth-order valence-corrected chi connectivity index (χ4v) is 8.50. The van der Waals surface area contributed by atoms with Crippen LogP contribution in [-0.4, -0.2) is 43.0 Å². The highest BCUT2D eigenvalue weighted by atomic mass is 16.6. The SMILES string of the molecule is COC(=O)[C@H](OC(C)=O)[C@@H]1CC[C@@H]2[C@@H]3CC[C@@H]4C[C@H](OC(C)=O)CC[C@]4(C)[C@H]3C(=O)C[C@]21C. The molecule has 7 heteroatoms. The second-order valence-corrected chi connectivity index (χ2v) is 11.4. The number of fused-ring (bicyclic) bond motifs is 5. The second-order valence-electron chi connectivity index (χ2n) is 11.4. The molecule has 0 aliphatic heterocycles. The van der Waals surface area contributed by atoms with Gasteiger partial charge >= 0.3 is 17.9 Å². The number of rotatable bonds is 4. The van der Waals surface area contributed by atoms with Gasteiger partial charge in [-0.2, -0.15) is 0 Å². The van der Waals surface area contributed by atoms with Gasteiger partial charge in [0.2, 0.25) is 6.10 Å². The number of hydrogen-bond donors (Lipinski definition) is 0. The Balaban J connectivity index is 1.59. The predicted octanol–water partition coefficient (Wildman–Crippen LogP) is 3.86. The summed E-state index contributed by atoms with van der Waals surface area (Å²) < 4.78 is 16.0. The molecule has 0 amide bonds. The molecule has 0 aromatic carbocycles. The van der Waals surface area contributed by atoms with E-state index in [9.17, 15) is 19.2 Å². The molecule has 0 heterocycles. The topological polar surface area (TPSA) is 96.0 Å². The van der Waals surface area contributed by atoms with Crippen molar-refractivity contribution in [3.63, 3.8) is 0 Å². The van der Waals surface area contributed by atoms with Gasteiger partial charge in [0, 0.05) is 32.1 Å². The monoisotopic (exact) mass is 462 g/mol. The number of ketones is 1. The van der Waals surface area contributed by atoms with Crippen LogP contribution >= 0.6 is 0 Å². The quantitative estimate of drug-likeness (QED) is 0.462. The number of carbonyl (C=O) groups excluding carboxylic acids is 4. The minimum atomic E-state index is -0.960. The van der Waals surface area contributed by atoms with Gasteiger partial charge in [0.25, 0.3) is 0 Å². The molecule has 0 bridgehead atoms. The largest absolute Gasteiger partial charge is 0.466 e. The molecule has 0 aromatic heterocycles. The van der Waals surface area contributed by atoms with Crippen LogP contribution in [0.25, 0.3) is 0 Å². The number of esters is 3. The average molecular weight is 463 g/mol. The molecule has 0 radical (unpaired) electrons. The Kier molecular flexibility index (Phi) is 6.38. The van der Waals surface area contributed by atoms with Crippen molar-refractivity contribution in [3.8, 4) is 0 Å². The zero-order valence-electron chi connectivity index (χ0n) is 20.6. The Morgan fingerprint density at radius 3 is 2.33 bits per heavy atom. The van der Waals surface area contributed by atoms with Crippen LogP contribution in [0.15, 0.2) is 0 Å². The number of Topliss-reactive ketones (excluding diaryl/α,β-unsaturated/α-hetero) is 1. The van der Waals surface area contributed by atoms with Crippen molar-refractivity contribution in [1.29, 1.82) is 0 Å². The van der Waals surface area contributed by atoms with Crippen LogP contribution in [0.3, 0.4) is 0 Å². The third kappa shape index (κ3) is 3.99. The van der Waals surface area contributed by atoms with Crippen LogP contribution in [0.2, 0.25) is 0 Å². The van der Waals surface area contributed by atoms with Gasteiger partial charge in [-0.3, -0.25) is 14.4 Å². The Labute approximate surface area is 196 Å². The number of ether oxygens (including phenoxy) is 3. The first-order valence-electron chi connectivity index (χ1n) is 12.5. The highest BCUT2D eigenvalue weighted by Gasteiger charge is 2.65. The molecule has 184 valence electrons. The van der Waals surface area contributed by atoms with Crippen molar-refractivity contribution in [1.82, 2.24) is 0 Å². The maximum absolute atomic E-state index is 13.8. The van der Waals surface area contributed by atoms with Crippen molar-refractivity contribution in [2.24, 2.45) is 40.4 Å². The summed E-state index contributed by atoms with van der Waals surface area (Å²) in [5, 5.41) is 0. The summed E-state index contributed by atoms with van der Waals surface area (Å²) >= 11 is 0. The summed E-state index contributed by atoms with van der Waals surface area (Å²) in [6, 6.07) is 0. The summed E-state index contributed by atoms with van der Waals surface area (Å²) in [5.41, 5.74) is -0.460. The molecule has 0 spiro atoms. The van der Waals surface area contributed by atoms with Gasteiger partial charge < -0.3 is 14.2 Å². The number of methoxy groups -OCH3 is 1. The average Bonchev–Trinajstić information content (AvgIpc) is 3.07. The minimum absolute atomic E-state index is 0.0108. The molecule has 0 unspecified atom stereocenters. The van der Waals surface area contributed by atoms with Crippen LogP contribution < -0.4 is 0 Å². The van der Waals surface area contributed by atoms with Crippen molar-refractivity contribution in [2.45, 2.75) is 91.3 Å². The van der Waals surface area contributed by atoms with E-state index in [-0.39, 0.29) is 46.4 Å².